The van der Waals surface area contributed by atoms with Gasteiger partial charge in [0.05, 0.1) is 5.69 Å². The number of ether oxygens (including phenoxy) is 2. The molecule has 0 heterocycles. The molecule has 2 amide bonds. The number of esters is 2. The van der Waals surface area contributed by atoms with Crippen molar-refractivity contribution in [3.05, 3.63) is 18.2 Å². The van der Waals surface area contributed by atoms with Crippen molar-refractivity contribution in [2.75, 3.05) is 12.5 Å². The molecule has 1 aromatic carbocycles. The third kappa shape index (κ3) is 4.84. The first kappa shape index (κ1) is 15.3. The summed E-state index contributed by atoms with van der Waals surface area (Å²) in [6.45, 7) is 2.46. The summed E-state index contributed by atoms with van der Waals surface area (Å²) in [5.74, 6) is -0.924. The normalized spacial score (nSPS) is 9.35. The van der Waals surface area contributed by atoms with Crippen LogP contribution in [0.1, 0.15) is 13.8 Å². The fraction of sp³-hybridized carbons (Fsp3) is 0.250. The number of hydrogen-bond acceptors (Lipinski definition) is 6. The zero-order valence-electron chi connectivity index (χ0n) is 11.3. The molecule has 0 aliphatic carbocycles. The fourth-order valence-electron chi connectivity index (χ4n) is 1.25. The molecule has 0 radical (unpaired) electrons. The molecule has 0 aliphatic rings. The third-order valence-corrected chi connectivity index (χ3v) is 2.00. The molecule has 1 rings (SSSR count). The molecule has 20 heavy (non-hydrogen) atoms. The smallest absolute Gasteiger partial charge is 0.333 e. The Kier molecular flexibility index (Phi) is 5.33. The Labute approximate surface area is 115 Å². The molecule has 3 N–H and O–H groups in total. The lowest BCUT2D eigenvalue weighted by molar-refractivity contribution is -0.134. The number of carbonyl (C=O) groups excluding carboxylic acids is 3. The summed E-state index contributed by atoms with van der Waals surface area (Å²) in [6, 6.07) is 3.95. The van der Waals surface area contributed by atoms with Crippen LogP contribution in [0, 0.1) is 0 Å². The van der Waals surface area contributed by atoms with E-state index >= 15 is 0 Å². The second kappa shape index (κ2) is 6.98. The van der Waals surface area contributed by atoms with E-state index in [0.29, 0.717) is 5.69 Å². The summed E-state index contributed by atoms with van der Waals surface area (Å²) in [4.78, 5) is 33.0. The Balaban J connectivity index is 2.91. The van der Waals surface area contributed by atoms with Crippen molar-refractivity contribution >= 4 is 23.7 Å². The minimum atomic E-state index is -0.560. The maximum Gasteiger partial charge on any atom is 0.333 e. The molecule has 8 heteroatoms. The summed E-state index contributed by atoms with van der Waals surface area (Å²) >= 11 is 0. The molecule has 108 valence electrons. The first-order chi connectivity index (χ1) is 9.42. The monoisotopic (exact) mass is 281 g/mol. The van der Waals surface area contributed by atoms with Crippen LogP contribution in [-0.2, 0) is 9.59 Å². The van der Waals surface area contributed by atoms with Gasteiger partial charge < -0.3 is 14.8 Å². The number of carbonyl (C=O) groups is 3. The first-order valence-corrected chi connectivity index (χ1v) is 5.67. The molecular weight excluding hydrogens is 266 g/mol. The lowest BCUT2D eigenvalue weighted by atomic mass is 10.3. The fourth-order valence-corrected chi connectivity index (χ4v) is 1.25. The number of amides is 2. The van der Waals surface area contributed by atoms with E-state index in [1.807, 2.05) is 0 Å². The van der Waals surface area contributed by atoms with Gasteiger partial charge in [0.2, 0.25) is 0 Å². The largest absolute Gasteiger partial charge is 0.423 e. The number of urea groups is 1. The molecule has 0 aromatic heterocycles. The highest BCUT2D eigenvalue weighted by Gasteiger charge is 2.11. The van der Waals surface area contributed by atoms with Crippen LogP contribution in [0.4, 0.5) is 10.5 Å². The summed E-state index contributed by atoms with van der Waals surface area (Å²) in [5, 5.41) is 2.35. The van der Waals surface area contributed by atoms with Crippen molar-refractivity contribution in [3.63, 3.8) is 0 Å². The molecule has 0 atom stereocenters. The summed E-state index contributed by atoms with van der Waals surface area (Å²) in [7, 11) is 1.46. The number of anilines is 1. The molecule has 0 aliphatic heterocycles. The summed E-state index contributed by atoms with van der Waals surface area (Å²) in [5.41, 5.74) is 5.38. The molecule has 8 nitrogen and oxygen atoms in total. The number of hydrazine groups is 1. The highest BCUT2D eigenvalue weighted by atomic mass is 16.6. The van der Waals surface area contributed by atoms with Crippen LogP contribution in [0.3, 0.4) is 0 Å². The Morgan fingerprint density at radius 2 is 1.60 bits per heavy atom. The topological polar surface area (TPSA) is 106 Å². The summed E-state index contributed by atoms with van der Waals surface area (Å²) in [6.07, 6.45) is 0. The maximum atomic E-state index is 11.0. The van der Waals surface area contributed by atoms with Crippen molar-refractivity contribution in [3.8, 4) is 11.5 Å². The van der Waals surface area contributed by atoms with Gasteiger partial charge in [-0.2, -0.15) is 0 Å². The van der Waals surface area contributed by atoms with Gasteiger partial charge in [-0.1, -0.05) is 0 Å². The average Bonchev–Trinajstić information content (AvgIpc) is 2.37. The Morgan fingerprint density at radius 3 is 2.15 bits per heavy atom. The second-order valence-corrected chi connectivity index (χ2v) is 3.68. The third-order valence-electron chi connectivity index (χ3n) is 2.00. The van der Waals surface area contributed by atoms with E-state index in [2.05, 4.69) is 16.2 Å². The van der Waals surface area contributed by atoms with Gasteiger partial charge in [-0.05, 0) is 12.1 Å². The van der Waals surface area contributed by atoms with Crippen molar-refractivity contribution < 1.29 is 23.9 Å². The molecule has 0 bridgehead atoms. The summed E-state index contributed by atoms with van der Waals surface area (Å²) < 4.78 is 9.84. The van der Waals surface area contributed by atoms with Gasteiger partial charge in [0.25, 0.3) is 0 Å². The zero-order valence-corrected chi connectivity index (χ0v) is 11.3. The zero-order chi connectivity index (χ0) is 15.1. The predicted octanol–water partition coefficient (Wildman–Crippen LogP) is 0.793. The van der Waals surface area contributed by atoms with Crippen molar-refractivity contribution in [1.29, 1.82) is 0 Å². The minimum absolute atomic E-state index is 0.0661. The minimum Gasteiger partial charge on any atom is -0.423 e. The van der Waals surface area contributed by atoms with E-state index in [-0.39, 0.29) is 11.5 Å². The lowest BCUT2D eigenvalue weighted by Crippen LogP contribution is -2.36. The maximum absolute atomic E-state index is 11.0. The van der Waals surface area contributed by atoms with E-state index in [9.17, 15) is 14.4 Å². The van der Waals surface area contributed by atoms with Crippen LogP contribution < -0.4 is 25.6 Å². The van der Waals surface area contributed by atoms with Crippen molar-refractivity contribution in [1.82, 2.24) is 10.7 Å². The number of rotatable bonds is 4. The van der Waals surface area contributed by atoms with Gasteiger partial charge in [0.15, 0.2) is 11.5 Å². The molecule has 0 saturated heterocycles. The molecule has 1 aromatic rings. The van der Waals surface area contributed by atoms with Crippen LogP contribution in [0.5, 0.6) is 11.5 Å². The van der Waals surface area contributed by atoms with E-state index in [1.54, 1.807) is 6.07 Å². The Bertz CT molecular complexity index is 530. The van der Waals surface area contributed by atoms with E-state index < -0.39 is 18.0 Å². The number of benzene rings is 1. The molecule has 0 saturated carbocycles. The van der Waals surface area contributed by atoms with Crippen LogP contribution in [0.15, 0.2) is 18.2 Å². The van der Waals surface area contributed by atoms with E-state index in [1.165, 1.54) is 33.0 Å². The van der Waals surface area contributed by atoms with Gasteiger partial charge >= 0.3 is 18.0 Å². The predicted molar refractivity (Wildman–Crippen MR) is 70.3 cm³/mol. The van der Waals surface area contributed by atoms with Gasteiger partial charge in [-0.3, -0.25) is 20.4 Å². The van der Waals surface area contributed by atoms with Crippen molar-refractivity contribution in [2.24, 2.45) is 0 Å². The molecule has 0 unspecified atom stereocenters. The molecule has 0 fully saturated rings. The van der Waals surface area contributed by atoms with Gasteiger partial charge in [-0.25, -0.2) is 4.79 Å². The first-order valence-electron chi connectivity index (χ1n) is 5.67. The van der Waals surface area contributed by atoms with Crippen LogP contribution in [0.2, 0.25) is 0 Å². The SMILES string of the molecule is CNC(=O)NNc1ccc(OC(C)=O)c(OC(C)=O)c1. The number of hydrogen-bond donors (Lipinski definition) is 3. The highest BCUT2D eigenvalue weighted by Crippen LogP contribution is 2.30. The van der Waals surface area contributed by atoms with Crippen LogP contribution in [-0.4, -0.2) is 25.0 Å². The Morgan fingerprint density at radius 1 is 1.00 bits per heavy atom. The quantitative estimate of drug-likeness (QED) is 0.428. The Hall–Kier alpha value is -2.77. The van der Waals surface area contributed by atoms with E-state index in [4.69, 9.17) is 9.47 Å². The van der Waals surface area contributed by atoms with Gasteiger partial charge in [0, 0.05) is 27.0 Å². The van der Waals surface area contributed by atoms with Gasteiger partial charge in [-0.15, -0.1) is 0 Å². The highest BCUT2D eigenvalue weighted by molar-refractivity contribution is 5.77. The van der Waals surface area contributed by atoms with Gasteiger partial charge in [0.1, 0.15) is 0 Å². The number of nitrogens with one attached hydrogen (secondary N) is 3. The molecule has 0 spiro atoms. The molecular formula is C12H15N3O5. The standard InChI is InChI=1S/C12H15N3O5/c1-7(16)19-10-5-4-9(14-15-12(18)13-3)6-11(10)20-8(2)17/h4-6,14H,1-3H3,(H2,13,15,18). The lowest BCUT2D eigenvalue weighted by Gasteiger charge is -2.12. The average molecular weight is 281 g/mol. The van der Waals surface area contributed by atoms with Crippen molar-refractivity contribution in [2.45, 2.75) is 13.8 Å². The van der Waals surface area contributed by atoms with E-state index in [0.717, 1.165) is 0 Å². The van der Waals surface area contributed by atoms with Crippen LogP contribution >= 0.6 is 0 Å². The van der Waals surface area contributed by atoms with Crippen LogP contribution in [0.25, 0.3) is 0 Å². The second-order valence-electron chi connectivity index (χ2n) is 3.68.